The summed E-state index contributed by atoms with van der Waals surface area (Å²) in [6.07, 6.45) is 0. The van der Waals surface area contributed by atoms with Gasteiger partial charge >= 0.3 is 0 Å². The monoisotopic (exact) mass is 169 g/mol. The van der Waals surface area contributed by atoms with Crippen LogP contribution in [-0.4, -0.2) is 17.9 Å². The largest absolute Gasteiger partial charge is 0.342 e. The lowest BCUT2D eigenvalue weighted by atomic mass is 10.3. The van der Waals surface area contributed by atoms with Crippen molar-refractivity contribution in [2.75, 3.05) is 7.05 Å². The second kappa shape index (κ2) is 3.53. The fourth-order valence-electron chi connectivity index (χ4n) is 0.768. The van der Waals surface area contributed by atoms with Crippen molar-refractivity contribution in [3.05, 3.63) is 22.4 Å². The molecule has 0 saturated heterocycles. The molecule has 1 aromatic rings. The zero-order valence-corrected chi connectivity index (χ0v) is 7.52. The molecule has 0 unspecified atom stereocenters. The van der Waals surface area contributed by atoms with Gasteiger partial charge in [-0.15, -0.1) is 0 Å². The summed E-state index contributed by atoms with van der Waals surface area (Å²) < 4.78 is 0. The highest BCUT2D eigenvalue weighted by Crippen LogP contribution is 2.07. The van der Waals surface area contributed by atoms with Crippen molar-refractivity contribution in [2.24, 2.45) is 0 Å². The Balaban J connectivity index is 2.50. The van der Waals surface area contributed by atoms with Crippen LogP contribution in [0.2, 0.25) is 0 Å². The molecule has 0 fully saturated rings. The van der Waals surface area contributed by atoms with Crippen molar-refractivity contribution in [3.8, 4) is 0 Å². The van der Waals surface area contributed by atoms with Gasteiger partial charge in [0.05, 0.1) is 0 Å². The van der Waals surface area contributed by atoms with E-state index in [0.717, 1.165) is 6.54 Å². The first-order chi connectivity index (χ1) is 5.20. The molecule has 0 aliphatic rings. The molecule has 11 heavy (non-hydrogen) atoms. The smallest absolute Gasteiger partial charge is 0.219 e. The van der Waals surface area contributed by atoms with Gasteiger partial charge < -0.3 is 4.90 Å². The van der Waals surface area contributed by atoms with E-state index >= 15 is 0 Å². The van der Waals surface area contributed by atoms with Crippen LogP contribution in [0.1, 0.15) is 12.5 Å². The number of hydrogen-bond acceptors (Lipinski definition) is 2. The average Bonchev–Trinajstić information content (AvgIpc) is 2.39. The molecule has 0 radical (unpaired) electrons. The van der Waals surface area contributed by atoms with Crippen LogP contribution in [0.25, 0.3) is 0 Å². The molecule has 1 heterocycles. The third-order valence-corrected chi connectivity index (χ3v) is 2.27. The van der Waals surface area contributed by atoms with Crippen LogP contribution < -0.4 is 0 Å². The summed E-state index contributed by atoms with van der Waals surface area (Å²) in [5.41, 5.74) is 1.20. The van der Waals surface area contributed by atoms with Gasteiger partial charge in [-0.1, -0.05) is 0 Å². The molecule has 60 valence electrons. The average molecular weight is 169 g/mol. The zero-order valence-electron chi connectivity index (χ0n) is 6.70. The summed E-state index contributed by atoms with van der Waals surface area (Å²) >= 11 is 1.66. The van der Waals surface area contributed by atoms with Gasteiger partial charge in [-0.05, 0) is 22.4 Å². The Labute approximate surface area is 70.5 Å². The van der Waals surface area contributed by atoms with Crippen molar-refractivity contribution in [1.29, 1.82) is 0 Å². The minimum Gasteiger partial charge on any atom is -0.342 e. The van der Waals surface area contributed by atoms with Gasteiger partial charge in [-0.2, -0.15) is 11.3 Å². The van der Waals surface area contributed by atoms with E-state index in [2.05, 4.69) is 5.38 Å². The highest BCUT2D eigenvalue weighted by Gasteiger charge is 2.02. The minimum atomic E-state index is 0.108. The normalized spacial score (nSPS) is 9.64. The lowest BCUT2D eigenvalue weighted by Gasteiger charge is -2.12. The van der Waals surface area contributed by atoms with Crippen molar-refractivity contribution < 1.29 is 4.79 Å². The predicted molar refractivity (Wildman–Crippen MR) is 46.5 cm³/mol. The van der Waals surface area contributed by atoms with Crippen LogP contribution in [0.3, 0.4) is 0 Å². The Morgan fingerprint density at radius 1 is 1.73 bits per heavy atom. The van der Waals surface area contributed by atoms with E-state index in [-0.39, 0.29) is 5.91 Å². The zero-order chi connectivity index (χ0) is 8.27. The highest BCUT2D eigenvalue weighted by molar-refractivity contribution is 7.07. The third kappa shape index (κ3) is 2.35. The van der Waals surface area contributed by atoms with Gasteiger partial charge in [0, 0.05) is 20.5 Å². The molecule has 0 spiro atoms. The second-order valence-electron chi connectivity index (χ2n) is 2.51. The SMILES string of the molecule is CC(=O)N(C)Cc1ccsc1. The quantitative estimate of drug-likeness (QED) is 0.660. The van der Waals surface area contributed by atoms with Gasteiger partial charge in [0.1, 0.15) is 0 Å². The van der Waals surface area contributed by atoms with Gasteiger partial charge in [-0.25, -0.2) is 0 Å². The first-order valence-electron chi connectivity index (χ1n) is 3.43. The predicted octanol–water partition coefficient (Wildman–Crippen LogP) is 1.73. The van der Waals surface area contributed by atoms with Crippen LogP contribution in [0, 0.1) is 0 Å². The summed E-state index contributed by atoms with van der Waals surface area (Å²) in [4.78, 5) is 12.5. The molecule has 1 amide bonds. The number of thiophene rings is 1. The van der Waals surface area contributed by atoms with E-state index < -0.39 is 0 Å². The second-order valence-corrected chi connectivity index (χ2v) is 3.29. The first-order valence-corrected chi connectivity index (χ1v) is 4.37. The van der Waals surface area contributed by atoms with E-state index in [1.165, 1.54) is 5.56 Å². The maximum absolute atomic E-state index is 10.8. The van der Waals surface area contributed by atoms with Crippen LogP contribution in [0.4, 0.5) is 0 Å². The summed E-state index contributed by atoms with van der Waals surface area (Å²) in [7, 11) is 1.81. The summed E-state index contributed by atoms with van der Waals surface area (Å²) in [5, 5.41) is 4.07. The molecular formula is C8H11NOS. The molecule has 0 aliphatic carbocycles. The number of carbonyl (C=O) groups is 1. The standard InChI is InChI=1S/C8H11NOS/c1-7(10)9(2)5-8-3-4-11-6-8/h3-4,6H,5H2,1-2H3. The van der Waals surface area contributed by atoms with E-state index in [0.29, 0.717) is 0 Å². The number of rotatable bonds is 2. The van der Waals surface area contributed by atoms with Gasteiger partial charge in [0.2, 0.25) is 5.91 Å². The van der Waals surface area contributed by atoms with Gasteiger partial charge in [-0.3, -0.25) is 4.79 Å². The van der Waals surface area contributed by atoms with Gasteiger partial charge in [0.15, 0.2) is 0 Å². The maximum Gasteiger partial charge on any atom is 0.219 e. The topological polar surface area (TPSA) is 20.3 Å². The Morgan fingerprint density at radius 2 is 2.45 bits per heavy atom. The molecule has 0 bridgehead atoms. The van der Waals surface area contributed by atoms with E-state index in [1.54, 1.807) is 30.2 Å². The maximum atomic E-state index is 10.8. The van der Waals surface area contributed by atoms with E-state index in [4.69, 9.17) is 0 Å². The number of nitrogens with zero attached hydrogens (tertiary/aromatic N) is 1. The fraction of sp³-hybridized carbons (Fsp3) is 0.375. The van der Waals surface area contributed by atoms with Crippen LogP contribution in [0.15, 0.2) is 16.8 Å². The van der Waals surface area contributed by atoms with Crippen molar-refractivity contribution >= 4 is 17.2 Å². The molecule has 1 rings (SSSR count). The number of hydrogen-bond donors (Lipinski definition) is 0. The highest BCUT2D eigenvalue weighted by atomic mass is 32.1. The van der Waals surface area contributed by atoms with Crippen molar-refractivity contribution in [1.82, 2.24) is 4.90 Å². The third-order valence-electron chi connectivity index (χ3n) is 1.54. The molecule has 0 atom stereocenters. The minimum absolute atomic E-state index is 0.108. The lowest BCUT2D eigenvalue weighted by Crippen LogP contribution is -2.22. The van der Waals surface area contributed by atoms with Crippen LogP contribution >= 0.6 is 11.3 Å². The molecule has 3 heteroatoms. The molecule has 2 nitrogen and oxygen atoms in total. The van der Waals surface area contributed by atoms with Crippen LogP contribution in [-0.2, 0) is 11.3 Å². The summed E-state index contributed by atoms with van der Waals surface area (Å²) in [5.74, 6) is 0.108. The Hall–Kier alpha value is -0.830. The van der Waals surface area contributed by atoms with E-state index in [1.807, 2.05) is 11.4 Å². The molecule has 1 aromatic heterocycles. The molecule has 0 N–H and O–H groups in total. The Bertz CT molecular complexity index is 230. The lowest BCUT2D eigenvalue weighted by molar-refractivity contribution is -0.128. The summed E-state index contributed by atoms with van der Waals surface area (Å²) in [6.45, 7) is 2.30. The van der Waals surface area contributed by atoms with Crippen molar-refractivity contribution in [2.45, 2.75) is 13.5 Å². The fourth-order valence-corrected chi connectivity index (χ4v) is 1.43. The molecular weight excluding hydrogens is 158 g/mol. The molecule has 0 aliphatic heterocycles. The first kappa shape index (κ1) is 8.27. The summed E-state index contributed by atoms with van der Waals surface area (Å²) in [6, 6.07) is 2.03. The van der Waals surface area contributed by atoms with Crippen molar-refractivity contribution in [3.63, 3.8) is 0 Å². The number of carbonyl (C=O) groups excluding carboxylic acids is 1. The van der Waals surface area contributed by atoms with E-state index in [9.17, 15) is 4.79 Å². The molecule has 0 aromatic carbocycles. The molecule has 0 saturated carbocycles. The Kier molecular flexibility index (Phi) is 2.65. The Morgan fingerprint density at radius 3 is 2.91 bits per heavy atom. The number of amides is 1. The van der Waals surface area contributed by atoms with Gasteiger partial charge in [0.25, 0.3) is 0 Å². The van der Waals surface area contributed by atoms with Crippen LogP contribution in [0.5, 0.6) is 0 Å².